The molecule has 1 atom stereocenters. The van der Waals surface area contributed by atoms with Crippen molar-refractivity contribution < 1.29 is 0 Å². The number of nitrogens with one attached hydrogen (secondary N) is 1. The smallest absolute Gasteiger partial charge is 0.0453 e. The topological polar surface area (TPSA) is 24.9 Å². The Morgan fingerprint density at radius 2 is 1.81 bits per heavy atom. The minimum absolute atomic E-state index is 0.192. The second-order valence-electron chi connectivity index (χ2n) is 5.14. The first-order valence-electron chi connectivity index (χ1n) is 7.05. The summed E-state index contributed by atoms with van der Waals surface area (Å²) >= 11 is 6.24. The van der Waals surface area contributed by atoms with Gasteiger partial charge in [-0.3, -0.25) is 4.98 Å². The summed E-state index contributed by atoms with van der Waals surface area (Å²) in [4.78, 5) is 4.32. The van der Waals surface area contributed by atoms with Crippen LogP contribution >= 0.6 is 11.6 Å². The Labute approximate surface area is 129 Å². The first-order valence-corrected chi connectivity index (χ1v) is 7.43. The zero-order valence-electron chi connectivity index (χ0n) is 11.9. The van der Waals surface area contributed by atoms with E-state index in [2.05, 4.69) is 41.5 Å². The molecule has 3 aromatic rings. The molecule has 0 aliphatic rings. The van der Waals surface area contributed by atoms with Gasteiger partial charge in [0.25, 0.3) is 0 Å². The number of fused-ring (bicyclic) bond motifs is 1. The van der Waals surface area contributed by atoms with E-state index in [1.165, 1.54) is 16.3 Å². The minimum Gasteiger partial charge on any atom is -0.306 e. The molecule has 2 nitrogen and oxygen atoms in total. The van der Waals surface area contributed by atoms with Crippen molar-refractivity contribution >= 4 is 22.4 Å². The van der Waals surface area contributed by atoms with Gasteiger partial charge in [0.15, 0.2) is 0 Å². The van der Waals surface area contributed by atoms with E-state index in [1.54, 1.807) is 0 Å². The molecule has 0 fully saturated rings. The lowest BCUT2D eigenvalue weighted by Crippen LogP contribution is -2.18. The van der Waals surface area contributed by atoms with Crippen molar-refractivity contribution in [3.8, 4) is 0 Å². The zero-order valence-corrected chi connectivity index (χ0v) is 12.6. The molecule has 3 heteroatoms. The average molecular weight is 297 g/mol. The molecule has 21 heavy (non-hydrogen) atoms. The maximum atomic E-state index is 6.24. The summed E-state index contributed by atoms with van der Waals surface area (Å²) in [6, 6.07) is 16.5. The average Bonchev–Trinajstić information content (AvgIpc) is 2.53. The highest BCUT2D eigenvalue weighted by Gasteiger charge is 2.09. The maximum absolute atomic E-state index is 6.24. The van der Waals surface area contributed by atoms with Gasteiger partial charge in [-0.2, -0.15) is 0 Å². The van der Waals surface area contributed by atoms with Crippen LogP contribution in [0.5, 0.6) is 0 Å². The van der Waals surface area contributed by atoms with Crippen LogP contribution in [0.15, 0.2) is 60.9 Å². The van der Waals surface area contributed by atoms with E-state index in [1.807, 2.05) is 36.7 Å². The fourth-order valence-corrected chi connectivity index (χ4v) is 2.82. The first kappa shape index (κ1) is 14.1. The Kier molecular flexibility index (Phi) is 4.18. The molecule has 2 aromatic carbocycles. The number of hydrogen-bond acceptors (Lipinski definition) is 2. The molecular formula is C18H17ClN2. The zero-order chi connectivity index (χ0) is 14.7. The Morgan fingerprint density at radius 3 is 2.67 bits per heavy atom. The van der Waals surface area contributed by atoms with Gasteiger partial charge in [0, 0.05) is 35.4 Å². The van der Waals surface area contributed by atoms with Gasteiger partial charge < -0.3 is 5.32 Å². The molecule has 1 heterocycles. The van der Waals surface area contributed by atoms with E-state index >= 15 is 0 Å². The van der Waals surface area contributed by atoms with Gasteiger partial charge in [0.2, 0.25) is 0 Å². The number of nitrogens with zero attached hydrogens (tertiary/aromatic N) is 1. The van der Waals surface area contributed by atoms with E-state index in [4.69, 9.17) is 11.6 Å². The molecule has 1 N–H and O–H groups in total. The number of aromatic nitrogens is 1. The monoisotopic (exact) mass is 296 g/mol. The lowest BCUT2D eigenvalue weighted by Gasteiger charge is -2.16. The third-order valence-electron chi connectivity index (χ3n) is 3.72. The molecule has 0 radical (unpaired) electrons. The maximum Gasteiger partial charge on any atom is 0.0453 e. The summed E-state index contributed by atoms with van der Waals surface area (Å²) in [5.74, 6) is 0. The van der Waals surface area contributed by atoms with Crippen LogP contribution in [0.1, 0.15) is 24.1 Å². The summed E-state index contributed by atoms with van der Waals surface area (Å²) in [6.45, 7) is 2.89. The lowest BCUT2D eigenvalue weighted by atomic mass is 10.1. The molecule has 0 saturated carbocycles. The predicted molar refractivity (Wildman–Crippen MR) is 88.4 cm³/mol. The molecule has 1 aromatic heterocycles. The van der Waals surface area contributed by atoms with Crippen molar-refractivity contribution in [1.82, 2.24) is 10.3 Å². The molecule has 106 valence electrons. The summed E-state index contributed by atoms with van der Waals surface area (Å²) in [7, 11) is 0. The third-order valence-corrected chi connectivity index (χ3v) is 4.07. The Morgan fingerprint density at radius 1 is 1.05 bits per heavy atom. The van der Waals surface area contributed by atoms with Crippen molar-refractivity contribution in [1.29, 1.82) is 0 Å². The Hall–Kier alpha value is -1.90. The van der Waals surface area contributed by atoms with Crippen molar-refractivity contribution in [2.45, 2.75) is 19.5 Å². The number of pyridine rings is 1. The van der Waals surface area contributed by atoms with E-state index in [0.29, 0.717) is 0 Å². The highest BCUT2D eigenvalue weighted by Crippen LogP contribution is 2.23. The van der Waals surface area contributed by atoms with E-state index in [9.17, 15) is 0 Å². The second kappa shape index (κ2) is 6.25. The SMILES string of the molecule is CC(NCc1cncc2ccccc12)c1ccccc1Cl. The van der Waals surface area contributed by atoms with Crippen LogP contribution in [-0.2, 0) is 6.54 Å². The number of hydrogen-bond donors (Lipinski definition) is 1. The van der Waals surface area contributed by atoms with Crippen LogP contribution in [-0.4, -0.2) is 4.98 Å². The first-order chi connectivity index (χ1) is 10.3. The quantitative estimate of drug-likeness (QED) is 0.752. The predicted octanol–water partition coefficient (Wildman–Crippen LogP) is 4.74. The van der Waals surface area contributed by atoms with Crippen LogP contribution in [0.25, 0.3) is 10.8 Å². The van der Waals surface area contributed by atoms with Crippen LogP contribution in [0.4, 0.5) is 0 Å². The van der Waals surface area contributed by atoms with E-state index in [-0.39, 0.29) is 6.04 Å². The fraction of sp³-hybridized carbons (Fsp3) is 0.167. The summed E-state index contributed by atoms with van der Waals surface area (Å²) in [5.41, 5.74) is 2.32. The second-order valence-corrected chi connectivity index (χ2v) is 5.55. The highest BCUT2D eigenvalue weighted by atomic mass is 35.5. The van der Waals surface area contributed by atoms with Gasteiger partial charge in [0.1, 0.15) is 0 Å². The Balaban J connectivity index is 1.79. The van der Waals surface area contributed by atoms with Crippen LogP contribution in [0.2, 0.25) is 5.02 Å². The number of rotatable bonds is 4. The number of benzene rings is 2. The number of halogens is 1. The van der Waals surface area contributed by atoms with Crippen molar-refractivity contribution in [3.63, 3.8) is 0 Å². The minimum atomic E-state index is 0.192. The van der Waals surface area contributed by atoms with Crippen LogP contribution in [0.3, 0.4) is 0 Å². The van der Waals surface area contributed by atoms with Crippen molar-refractivity contribution in [2.75, 3.05) is 0 Å². The third kappa shape index (κ3) is 3.07. The van der Waals surface area contributed by atoms with Crippen LogP contribution < -0.4 is 5.32 Å². The standard InChI is InChI=1S/C18H17ClN2/c1-13(16-7-4-5-9-18(16)19)21-12-15-11-20-10-14-6-2-3-8-17(14)15/h2-11,13,21H,12H2,1H3. The molecule has 0 aliphatic heterocycles. The molecule has 0 saturated heterocycles. The summed E-state index contributed by atoms with van der Waals surface area (Å²) in [6.07, 6.45) is 3.82. The highest BCUT2D eigenvalue weighted by molar-refractivity contribution is 6.31. The van der Waals surface area contributed by atoms with Crippen LogP contribution in [0, 0.1) is 0 Å². The van der Waals surface area contributed by atoms with E-state index in [0.717, 1.165) is 17.1 Å². The normalized spacial score (nSPS) is 12.5. The molecule has 0 bridgehead atoms. The molecule has 1 unspecified atom stereocenters. The molecule has 3 rings (SSSR count). The molecular weight excluding hydrogens is 280 g/mol. The summed E-state index contributed by atoms with van der Waals surface area (Å²) in [5, 5.41) is 6.73. The summed E-state index contributed by atoms with van der Waals surface area (Å²) < 4.78 is 0. The molecule has 0 amide bonds. The Bertz CT molecular complexity index is 750. The van der Waals surface area contributed by atoms with Gasteiger partial charge in [-0.25, -0.2) is 0 Å². The van der Waals surface area contributed by atoms with E-state index < -0.39 is 0 Å². The molecule has 0 spiro atoms. The van der Waals surface area contributed by atoms with Gasteiger partial charge in [-0.15, -0.1) is 0 Å². The fourth-order valence-electron chi connectivity index (χ4n) is 2.52. The van der Waals surface area contributed by atoms with Crippen molar-refractivity contribution in [3.05, 3.63) is 77.1 Å². The van der Waals surface area contributed by atoms with Gasteiger partial charge in [-0.1, -0.05) is 54.1 Å². The van der Waals surface area contributed by atoms with Crippen molar-refractivity contribution in [2.24, 2.45) is 0 Å². The van der Waals surface area contributed by atoms with Gasteiger partial charge in [0.05, 0.1) is 0 Å². The lowest BCUT2D eigenvalue weighted by molar-refractivity contribution is 0.576. The largest absolute Gasteiger partial charge is 0.306 e. The molecule has 0 aliphatic carbocycles. The van der Waals surface area contributed by atoms with Gasteiger partial charge >= 0.3 is 0 Å². The van der Waals surface area contributed by atoms with Gasteiger partial charge in [-0.05, 0) is 29.5 Å².